The fourth-order valence-electron chi connectivity index (χ4n) is 2.15. The molecule has 0 fully saturated rings. The van der Waals surface area contributed by atoms with Crippen LogP contribution < -0.4 is 0 Å². The molecule has 2 nitrogen and oxygen atoms in total. The zero-order valence-electron chi connectivity index (χ0n) is 10.4. The van der Waals surface area contributed by atoms with E-state index in [2.05, 4.69) is 20.9 Å². The minimum atomic E-state index is -0.546. The summed E-state index contributed by atoms with van der Waals surface area (Å²) in [5.74, 6) is -1.08. The Morgan fingerprint density at radius 1 is 1.15 bits per heavy atom. The van der Waals surface area contributed by atoms with Gasteiger partial charge < -0.3 is 4.98 Å². The van der Waals surface area contributed by atoms with Gasteiger partial charge in [-0.3, -0.25) is 4.57 Å². The fraction of sp³-hybridized carbons (Fsp3) is 0.0714. The van der Waals surface area contributed by atoms with Crippen molar-refractivity contribution in [3.8, 4) is 5.69 Å². The average molecular weight is 355 g/mol. The van der Waals surface area contributed by atoms with Gasteiger partial charge in [-0.1, -0.05) is 6.07 Å². The topological polar surface area (TPSA) is 20.7 Å². The highest BCUT2D eigenvalue weighted by Crippen LogP contribution is 2.26. The van der Waals surface area contributed by atoms with Crippen molar-refractivity contribution in [1.29, 1.82) is 0 Å². The SMILES string of the molecule is Cc1ccc2c(c1)[nH]c(=S)n2-c1cc(F)c(Br)cc1F. The third kappa shape index (κ3) is 2.09. The van der Waals surface area contributed by atoms with Gasteiger partial charge in [-0.15, -0.1) is 0 Å². The molecular formula is C14H9BrF2N2S. The number of hydrogen-bond donors (Lipinski definition) is 1. The van der Waals surface area contributed by atoms with Crippen LogP contribution in [0.4, 0.5) is 8.78 Å². The molecule has 0 radical (unpaired) electrons. The Balaban J connectivity index is 2.38. The van der Waals surface area contributed by atoms with Gasteiger partial charge in [-0.2, -0.15) is 0 Å². The number of hydrogen-bond acceptors (Lipinski definition) is 1. The minimum absolute atomic E-state index is 0.0842. The average Bonchev–Trinajstić information content (AvgIpc) is 2.69. The second-order valence-electron chi connectivity index (χ2n) is 4.50. The molecule has 0 aliphatic heterocycles. The van der Waals surface area contributed by atoms with Crippen LogP contribution in [0, 0.1) is 23.3 Å². The van der Waals surface area contributed by atoms with E-state index in [9.17, 15) is 8.78 Å². The minimum Gasteiger partial charge on any atom is -0.330 e. The molecule has 0 bridgehead atoms. The summed E-state index contributed by atoms with van der Waals surface area (Å²) in [5.41, 5.74) is 2.65. The van der Waals surface area contributed by atoms with Gasteiger partial charge in [-0.05, 0) is 58.8 Å². The number of nitrogens with zero attached hydrogens (tertiary/aromatic N) is 1. The summed E-state index contributed by atoms with van der Waals surface area (Å²) >= 11 is 8.18. The van der Waals surface area contributed by atoms with E-state index in [4.69, 9.17) is 12.2 Å². The van der Waals surface area contributed by atoms with Crippen molar-refractivity contribution in [2.75, 3.05) is 0 Å². The molecule has 1 N–H and O–H groups in total. The summed E-state index contributed by atoms with van der Waals surface area (Å²) < 4.78 is 29.7. The number of aromatic nitrogens is 2. The largest absolute Gasteiger partial charge is 0.330 e. The lowest BCUT2D eigenvalue weighted by molar-refractivity contribution is 0.588. The number of aromatic amines is 1. The van der Waals surface area contributed by atoms with Crippen LogP contribution >= 0.6 is 28.1 Å². The van der Waals surface area contributed by atoms with Gasteiger partial charge in [0.25, 0.3) is 0 Å². The first-order valence-electron chi connectivity index (χ1n) is 5.83. The standard InChI is InChI=1S/C14H9BrF2N2S/c1-7-2-3-12-11(4-7)18-14(20)19(12)13-6-9(16)8(15)5-10(13)17/h2-6H,1H3,(H,18,20). The van der Waals surface area contributed by atoms with Crippen LogP contribution in [0.1, 0.15) is 5.56 Å². The van der Waals surface area contributed by atoms with Gasteiger partial charge in [0.2, 0.25) is 0 Å². The Morgan fingerprint density at radius 2 is 1.90 bits per heavy atom. The molecule has 20 heavy (non-hydrogen) atoms. The molecular weight excluding hydrogens is 346 g/mol. The normalized spacial score (nSPS) is 11.2. The molecule has 1 heterocycles. The molecule has 0 saturated heterocycles. The summed E-state index contributed by atoms with van der Waals surface area (Å²) in [6.45, 7) is 1.95. The molecule has 0 unspecified atom stereocenters. The number of benzene rings is 2. The van der Waals surface area contributed by atoms with Crippen molar-refractivity contribution in [3.05, 3.63) is 56.8 Å². The Morgan fingerprint density at radius 3 is 2.65 bits per heavy atom. The second-order valence-corrected chi connectivity index (χ2v) is 5.74. The highest BCUT2D eigenvalue weighted by atomic mass is 79.9. The molecule has 1 aromatic heterocycles. The van der Waals surface area contributed by atoms with Crippen molar-refractivity contribution in [3.63, 3.8) is 0 Å². The van der Waals surface area contributed by atoms with Crippen molar-refractivity contribution >= 4 is 39.2 Å². The van der Waals surface area contributed by atoms with E-state index >= 15 is 0 Å². The summed E-state index contributed by atoms with van der Waals surface area (Å²) in [6, 6.07) is 7.86. The number of nitrogens with one attached hydrogen (secondary N) is 1. The van der Waals surface area contributed by atoms with Crippen molar-refractivity contribution < 1.29 is 8.78 Å². The predicted octanol–water partition coefficient (Wildman–Crippen LogP) is 5.04. The van der Waals surface area contributed by atoms with Crippen LogP contribution in [0.3, 0.4) is 0 Å². The highest BCUT2D eigenvalue weighted by molar-refractivity contribution is 9.10. The molecule has 6 heteroatoms. The number of aryl methyl sites for hydroxylation is 1. The maximum atomic E-state index is 14.1. The first-order chi connectivity index (χ1) is 9.47. The smallest absolute Gasteiger partial charge is 0.182 e. The molecule has 2 aromatic carbocycles. The van der Waals surface area contributed by atoms with Gasteiger partial charge in [0.1, 0.15) is 11.6 Å². The predicted molar refractivity (Wildman–Crippen MR) is 80.8 cm³/mol. The van der Waals surface area contributed by atoms with Gasteiger partial charge in [0, 0.05) is 6.07 Å². The Bertz CT molecular complexity index is 883. The molecule has 0 saturated carbocycles. The lowest BCUT2D eigenvalue weighted by atomic mass is 10.2. The molecule has 0 spiro atoms. The number of halogens is 3. The molecule has 0 amide bonds. The Labute approximate surface area is 127 Å². The quantitative estimate of drug-likeness (QED) is 0.479. The van der Waals surface area contributed by atoms with Crippen LogP contribution in [0.5, 0.6) is 0 Å². The van der Waals surface area contributed by atoms with Gasteiger partial charge >= 0.3 is 0 Å². The number of fused-ring (bicyclic) bond motifs is 1. The van der Waals surface area contributed by atoms with E-state index < -0.39 is 11.6 Å². The maximum absolute atomic E-state index is 14.1. The molecule has 3 aromatic rings. The number of imidazole rings is 1. The van der Waals surface area contributed by atoms with Crippen LogP contribution in [0.25, 0.3) is 16.7 Å². The Kier molecular flexibility index (Phi) is 3.22. The maximum Gasteiger partial charge on any atom is 0.182 e. The van der Waals surface area contributed by atoms with E-state index in [1.54, 1.807) is 0 Å². The van der Waals surface area contributed by atoms with Crippen LogP contribution in [-0.2, 0) is 0 Å². The van der Waals surface area contributed by atoms with Crippen LogP contribution in [0.2, 0.25) is 0 Å². The Hall–Kier alpha value is -1.53. The third-order valence-electron chi connectivity index (χ3n) is 3.07. The molecule has 0 aliphatic carbocycles. The van der Waals surface area contributed by atoms with E-state index in [1.165, 1.54) is 4.57 Å². The first-order valence-corrected chi connectivity index (χ1v) is 7.04. The molecule has 0 atom stereocenters. The summed E-state index contributed by atoms with van der Waals surface area (Å²) in [4.78, 5) is 3.00. The van der Waals surface area contributed by atoms with E-state index in [-0.39, 0.29) is 10.2 Å². The lowest BCUT2D eigenvalue weighted by Crippen LogP contribution is -1.99. The first kappa shape index (κ1) is 13.5. The van der Waals surface area contributed by atoms with Gasteiger partial charge in [0.15, 0.2) is 4.77 Å². The summed E-state index contributed by atoms with van der Waals surface area (Å²) in [6.07, 6.45) is 0. The summed E-state index contributed by atoms with van der Waals surface area (Å²) in [7, 11) is 0. The monoisotopic (exact) mass is 354 g/mol. The second kappa shape index (κ2) is 4.79. The zero-order valence-corrected chi connectivity index (χ0v) is 12.8. The van der Waals surface area contributed by atoms with Gasteiger partial charge in [0.05, 0.1) is 21.2 Å². The van der Waals surface area contributed by atoms with Crippen molar-refractivity contribution in [2.24, 2.45) is 0 Å². The number of rotatable bonds is 1. The lowest BCUT2D eigenvalue weighted by Gasteiger charge is -2.07. The number of H-pyrrole nitrogens is 1. The van der Waals surface area contributed by atoms with Crippen molar-refractivity contribution in [1.82, 2.24) is 9.55 Å². The molecule has 3 rings (SSSR count). The van der Waals surface area contributed by atoms with Crippen LogP contribution in [-0.4, -0.2) is 9.55 Å². The van der Waals surface area contributed by atoms with Crippen molar-refractivity contribution in [2.45, 2.75) is 6.92 Å². The van der Waals surface area contributed by atoms with E-state index in [0.29, 0.717) is 10.3 Å². The summed E-state index contributed by atoms with van der Waals surface area (Å²) in [5, 5.41) is 0. The highest BCUT2D eigenvalue weighted by Gasteiger charge is 2.14. The van der Waals surface area contributed by atoms with E-state index in [0.717, 1.165) is 23.2 Å². The van der Waals surface area contributed by atoms with E-state index in [1.807, 2.05) is 25.1 Å². The third-order valence-corrected chi connectivity index (χ3v) is 3.96. The molecule has 102 valence electrons. The van der Waals surface area contributed by atoms with Crippen LogP contribution in [0.15, 0.2) is 34.8 Å². The van der Waals surface area contributed by atoms with Gasteiger partial charge in [-0.25, -0.2) is 8.78 Å². The fourth-order valence-corrected chi connectivity index (χ4v) is 2.77. The molecule has 0 aliphatic rings. The zero-order chi connectivity index (χ0) is 14.4.